The first kappa shape index (κ1) is 28.0. The summed E-state index contributed by atoms with van der Waals surface area (Å²) in [6.45, 7) is 0.481. The molecule has 0 aliphatic rings. The lowest BCUT2D eigenvalue weighted by Gasteiger charge is -2.06. The van der Waals surface area contributed by atoms with Crippen molar-refractivity contribution in [1.29, 1.82) is 0 Å². The first-order valence-corrected chi connectivity index (χ1v) is 12.1. The van der Waals surface area contributed by atoms with E-state index in [0.717, 1.165) is 12.8 Å². The number of amides is 2. The number of halogens is 1. The number of carbonyl (C=O) groups excluding carboxylic acids is 3. The molecule has 0 saturated heterocycles. The van der Waals surface area contributed by atoms with Crippen molar-refractivity contribution in [2.24, 2.45) is 5.10 Å². The normalized spacial score (nSPS) is 10.7. The number of unbranched alkanes of at least 4 members (excludes halogenated alkanes) is 2. The van der Waals surface area contributed by atoms with E-state index in [9.17, 15) is 24.5 Å². The van der Waals surface area contributed by atoms with Gasteiger partial charge in [-0.25, -0.2) is 10.2 Å². The smallest absolute Gasteiger partial charge is 0.343 e. The summed E-state index contributed by atoms with van der Waals surface area (Å²) in [4.78, 5) is 46.6. The quantitative estimate of drug-likeness (QED) is 0.0841. The highest BCUT2D eigenvalue weighted by Crippen LogP contribution is 2.17. The minimum Gasteiger partial charge on any atom is -0.423 e. The van der Waals surface area contributed by atoms with Crippen LogP contribution in [0.25, 0.3) is 0 Å². The standard InChI is InChI=1S/C27H25ClN4O6/c28-24-10-4-3-9-23(24)26(34)29-16-5-1-2-11-25(33)31-30-18-19-7-6-8-22(17-19)38-27(35)20-12-14-21(15-13-20)32(36)37/h3-4,6-10,12-15,17-18H,1-2,5,11,16H2,(H,29,34)(H,31,33). The molecular formula is C27H25ClN4O6. The molecule has 0 spiro atoms. The molecule has 0 bridgehead atoms. The van der Waals surface area contributed by atoms with Gasteiger partial charge in [-0.05, 0) is 54.8 Å². The summed E-state index contributed by atoms with van der Waals surface area (Å²) in [6, 6.07) is 18.4. The summed E-state index contributed by atoms with van der Waals surface area (Å²) in [5, 5.41) is 17.9. The first-order valence-electron chi connectivity index (χ1n) is 11.7. The molecule has 10 nitrogen and oxygen atoms in total. The number of nitro benzene ring substituents is 1. The zero-order valence-electron chi connectivity index (χ0n) is 20.3. The molecule has 196 valence electrons. The summed E-state index contributed by atoms with van der Waals surface area (Å²) < 4.78 is 5.31. The predicted octanol–water partition coefficient (Wildman–Crippen LogP) is 4.91. The number of esters is 1. The highest BCUT2D eigenvalue weighted by molar-refractivity contribution is 6.33. The Balaban J connectivity index is 1.35. The minimum absolute atomic E-state index is 0.125. The van der Waals surface area contributed by atoms with Gasteiger partial charge < -0.3 is 10.1 Å². The Kier molecular flexibility index (Phi) is 10.5. The van der Waals surface area contributed by atoms with Crippen LogP contribution in [0.5, 0.6) is 5.75 Å². The van der Waals surface area contributed by atoms with E-state index >= 15 is 0 Å². The number of nitrogens with zero attached hydrogens (tertiary/aromatic N) is 2. The fourth-order valence-corrected chi connectivity index (χ4v) is 3.53. The van der Waals surface area contributed by atoms with Crippen molar-refractivity contribution in [3.8, 4) is 5.75 Å². The largest absolute Gasteiger partial charge is 0.423 e. The van der Waals surface area contributed by atoms with Gasteiger partial charge in [0.05, 0.1) is 27.3 Å². The van der Waals surface area contributed by atoms with Crippen LogP contribution in [0.1, 0.15) is 52.0 Å². The highest BCUT2D eigenvalue weighted by atomic mass is 35.5. The Morgan fingerprint density at radius 2 is 1.74 bits per heavy atom. The monoisotopic (exact) mass is 536 g/mol. The molecule has 2 N–H and O–H groups in total. The van der Waals surface area contributed by atoms with Gasteiger partial charge in [-0.15, -0.1) is 0 Å². The lowest BCUT2D eigenvalue weighted by Crippen LogP contribution is -2.24. The summed E-state index contributed by atoms with van der Waals surface area (Å²) in [5.41, 5.74) is 3.52. The third kappa shape index (κ3) is 8.82. The molecule has 38 heavy (non-hydrogen) atoms. The Labute approximate surface area is 223 Å². The zero-order valence-corrected chi connectivity index (χ0v) is 21.0. The second kappa shape index (κ2) is 14.2. The van der Waals surface area contributed by atoms with Crippen LogP contribution in [0.4, 0.5) is 5.69 Å². The Morgan fingerprint density at radius 3 is 2.47 bits per heavy atom. The number of nitro groups is 1. The number of hydrogen-bond acceptors (Lipinski definition) is 7. The van der Waals surface area contributed by atoms with Crippen molar-refractivity contribution < 1.29 is 24.0 Å². The van der Waals surface area contributed by atoms with Crippen LogP contribution >= 0.6 is 11.6 Å². The van der Waals surface area contributed by atoms with Crippen LogP contribution in [0.3, 0.4) is 0 Å². The SMILES string of the molecule is O=C(CCCCCNC(=O)c1ccccc1Cl)NN=Cc1cccc(OC(=O)c2ccc([N+](=O)[O-])cc2)c1. The Bertz CT molecular complexity index is 1330. The maximum Gasteiger partial charge on any atom is 0.343 e. The molecule has 3 aromatic rings. The summed E-state index contributed by atoms with van der Waals surface area (Å²) in [7, 11) is 0. The van der Waals surface area contributed by atoms with Gasteiger partial charge in [0.2, 0.25) is 5.91 Å². The molecule has 0 aromatic heterocycles. The molecule has 0 heterocycles. The van der Waals surface area contributed by atoms with Crippen LogP contribution in [-0.4, -0.2) is 35.5 Å². The number of benzene rings is 3. The van der Waals surface area contributed by atoms with Crippen molar-refractivity contribution in [2.45, 2.75) is 25.7 Å². The summed E-state index contributed by atoms with van der Waals surface area (Å²) in [5.74, 6) is -0.883. The third-order valence-corrected chi connectivity index (χ3v) is 5.60. The second-order valence-corrected chi connectivity index (χ2v) is 8.51. The van der Waals surface area contributed by atoms with E-state index in [-0.39, 0.29) is 35.2 Å². The van der Waals surface area contributed by atoms with E-state index in [1.54, 1.807) is 48.5 Å². The van der Waals surface area contributed by atoms with Crippen molar-refractivity contribution in [2.75, 3.05) is 6.54 Å². The fourth-order valence-electron chi connectivity index (χ4n) is 3.31. The zero-order chi connectivity index (χ0) is 27.3. The number of rotatable bonds is 12. The molecule has 0 aliphatic carbocycles. The molecule has 3 rings (SSSR count). The molecule has 3 aromatic carbocycles. The van der Waals surface area contributed by atoms with Crippen LogP contribution in [0.2, 0.25) is 5.02 Å². The molecule has 0 saturated carbocycles. The van der Waals surface area contributed by atoms with Crippen LogP contribution in [0.15, 0.2) is 77.9 Å². The van der Waals surface area contributed by atoms with Gasteiger partial charge in [0, 0.05) is 25.1 Å². The van der Waals surface area contributed by atoms with Gasteiger partial charge in [-0.3, -0.25) is 19.7 Å². The van der Waals surface area contributed by atoms with E-state index in [1.165, 1.54) is 30.5 Å². The Morgan fingerprint density at radius 1 is 0.974 bits per heavy atom. The lowest BCUT2D eigenvalue weighted by molar-refractivity contribution is -0.384. The van der Waals surface area contributed by atoms with Gasteiger partial charge in [0.15, 0.2) is 0 Å². The summed E-state index contributed by atoms with van der Waals surface area (Å²) >= 11 is 6.01. The number of carbonyl (C=O) groups is 3. The molecule has 0 fully saturated rings. The number of ether oxygens (including phenoxy) is 1. The van der Waals surface area contributed by atoms with Gasteiger partial charge in [-0.1, -0.05) is 42.3 Å². The number of hydrazone groups is 1. The number of hydrogen-bond donors (Lipinski definition) is 2. The van der Waals surface area contributed by atoms with Crippen molar-refractivity contribution in [1.82, 2.24) is 10.7 Å². The molecule has 11 heteroatoms. The van der Waals surface area contributed by atoms with E-state index < -0.39 is 10.9 Å². The van der Waals surface area contributed by atoms with Crippen molar-refractivity contribution >= 4 is 41.3 Å². The number of nitrogens with one attached hydrogen (secondary N) is 2. The average Bonchev–Trinajstić information content (AvgIpc) is 2.91. The minimum atomic E-state index is -0.661. The van der Waals surface area contributed by atoms with Gasteiger partial charge in [-0.2, -0.15) is 5.10 Å². The molecular weight excluding hydrogens is 512 g/mol. The topological polar surface area (TPSA) is 140 Å². The van der Waals surface area contributed by atoms with Crippen LogP contribution in [0, 0.1) is 10.1 Å². The molecule has 0 atom stereocenters. The molecule has 0 radical (unpaired) electrons. The van der Waals surface area contributed by atoms with E-state index in [0.29, 0.717) is 29.1 Å². The average molecular weight is 537 g/mol. The Hall–Kier alpha value is -4.57. The predicted molar refractivity (Wildman–Crippen MR) is 142 cm³/mol. The second-order valence-electron chi connectivity index (χ2n) is 8.11. The van der Waals surface area contributed by atoms with E-state index in [2.05, 4.69) is 15.8 Å². The lowest BCUT2D eigenvalue weighted by atomic mass is 10.1. The number of non-ortho nitro benzene ring substituents is 1. The molecule has 0 unspecified atom stereocenters. The van der Waals surface area contributed by atoms with Crippen molar-refractivity contribution in [3.63, 3.8) is 0 Å². The first-order chi connectivity index (χ1) is 18.3. The van der Waals surface area contributed by atoms with Crippen LogP contribution in [-0.2, 0) is 4.79 Å². The highest BCUT2D eigenvalue weighted by Gasteiger charge is 2.12. The third-order valence-electron chi connectivity index (χ3n) is 5.27. The maximum absolute atomic E-state index is 12.3. The van der Waals surface area contributed by atoms with Gasteiger partial charge in [0.25, 0.3) is 11.6 Å². The molecule has 0 aliphatic heterocycles. The van der Waals surface area contributed by atoms with Gasteiger partial charge >= 0.3 is 5.97 Å². The van der Waals surface area contributed by atoms with Gasteiger partial charge in [0.1, 0.15) is 5.75 Å². The van der Waals surface area contributed by atoms with Crippen molar-refractivity contribution in [3.05, 3.63) is 105 Å². The maximum atomic E-state index is 12.3. The van der Waals surface area contributed by atoms with E-state index in [4.69, 9.17) is 16.3 Å². The molecule has 2 amide bonds. The van der Waals surface area contributed by atoms with E-state index in [1.807, 2.05) is 0 Å². The fraction of sp³-hybridized carbons (Fsp3) is 0.185. The van der Waals surface area contributed by atoms with Crippen LogP contribution < -0.4 is 15.5 Å². The summed E-state index contributed by atoms with van der Waals surface area (Å²) in [6.07, 6.45) is 3.81.